The van der Waals surface area contributed by atoms with Crippen LogP contribution in [0.5, 0.6) is 0 Å². The van der Waals surface area contributed by atoms with Crippen molar-refractivity contribution in [2.45, 2.75) is 31.9 Å². The van der Waals surface area contributed by atoms with Gasteiger partial charge in [-0.15, -0.1) is 0 Å². The van der Waals surface area contributed by atoms with E-state index in [9.17, 15) is 0 Å². The Kier molecular flexibility index (Phi) is 5.32. The molecule has 0 radical (unpaired) electrons. The van der Waals surface area contributed by atoms with Gasteiger partial charge in [-0.25, -0.2) is 0 Å². The van der Waals surface area contributed by atoms with E-state index in [0.29, 0.717) is 12.1 Å². The number of ether oxygens (including phenoxy) is 1. The lowest BCUT2D eigenvalue weighted by molar-refractivity contribution is 0.0436. The second-order valence-corrected chi connectivity index (χ2v) is 6.46. The summed E-state index contributed by atoms with van der Waals surface area (Å²) in [5, 5.41) is 9.06. The summed E-state index contributed by atoms with van der Waals surface area (Å²) in [4.78, 5) is 5.02. The second-order valence-electron chi connectivity index (χ2n) is 6.46. The van der Waals surface area contributed by atoms with Gasteiger partial charge < -0.3 is 4.74 Å². The Morgan fingerprint density at radius 2 is 2.13 bits per heavy atom. The summed E-state index contributed by atoms with van der Waals surface area (Å²) in [5.74, 6) is 0. The summed E-state index contributed by atoms with van der Waals surface area (Å²) < 4.78 is 5.68. The summed E-state index contributed by atoms with van der Waals surface area (Å²) in [7, 11) is 0. The van der Waals surface area contributed by atoms with E-state index >= 15 is 0 Å². The van der Waals surface area contributed by atoms with E-state index < -0.39 is 0 Å². The molecule has 2 aliphatic heterocycles. The molecule has 122 valence electrons. The highest BCUT2D eigenvalue weighted by Crippen LogP contribution is 2.23. The predicted molar refractivity (Wildman–Crippen MR) is 90.8 cm³/mol. The molecule has 4 nitrogen and oxygen atoms in total. The van der Waals surface area contributed by atoms with Gasteiger partial charge in [-0.1, -0.05) is 12.1 Å². The highest BCUT2D eigenvalue weighted by atomic mass is 16.5. The summed E-state index contributed by atoms with van der Waals surface area (Å²) in [6.45, 7) is 7.59. The number of nitriles is 1. The number of benzene rings is 1. The molecule has 0 aliphatic carbocycles. The zero-order chi connectivity index (χ0) is 16.1. The molecule has 1 aromatic rings. The SMILES string of the molecule is C[C@H](c1cccc(C#N)c1)N1CCN(C[C@H]2CCC=CO2)CC1. The summed E-state index contributed by atoms with van der Waals surface area (Å²) in [6.07, 6.45) is 6.58. The van der Waals surface area contributed by atoms with Crippen LogP contribution in [0.4, 0.5) is 0 Å². The monoisotopic (exact) mass is 311 g/mol. The van der Waals surface area contributed by atoms with Crippen molar-refractivity contribution in [3.63, 3.8) is 0 Å². The molecule has 0 saturated carbocycles. The van der Waals surface area contributed by atoms with Crippen molar-refractivity contribution in [3.05, 3.63) is 47.7 Å². The van der Waals surface area contributed by atoms with Gasteiger partial charge in [-0.05, 0) is 43.5 Å². The minimum Gasteiger partial charge on any atom is -0.497 e. The van der Waals surface area contributed by atoms with Gasteiger partial charge in [0.1, 0.15) is 6.10 Å². The van der Waals surface area contributed by atoms with E-state index in [4.69, 9.17) is 10.00 Å². The Hall–Kier alpha value is -1.83. The molecule has 0 spiro atoms. The third-order valence-corrected chi connectivity index (χ3v) is 4.94. The van der Waals surface area contributed by atoms with Crippen molar-refractivity contribution < 1.29 is 4.74 Å². The lowest BCUT2D eigenvalue weighted by atomic mass is 10.0. The maximum Gasteiger partial charge on any atom is 0.111 e. The van der Waals surface area contributed by atoms with E-state index in [2.05, 4.69) is 34.9 Å². The Morgan fingerprint density at radius 3 is 2.83 bits per heavy atom. The van der Waals surface area contributed by atoms with Crippen LogP contribution in [0.1, 0.15) is 36.9 Å². The van der Waals surface area contributed by atoms with Crippen LogP contribution in [0.2, 0.25) is 0 Å². The van der Waals surface area contributed by atoms with Gasteiger partial charge in [-0.3, -0.25) is 9.80 Å². The molecule has 4 heteroatoms. The average molecular weight is 311 g/mol. The largest absolute Gasteiger partial charge is 0.497 e. The Bertz CT molecular complexity index is 585. The normalized spacial score (nSPS) is 23.9. The van der Waals surface area contributed by atoms with Crippen LogP contribution in [-0.4, -0.2) is 48.6 Å². The van der Waals surface area contributed by atoms with E-state index in [1.54, 1.807) is 0 Å². The smallest absolute Gasteiger partial charge is 0.111 e. The van der Waals surface area contributed by atoms with Gasteiger partial charge in [0.05, 0.1) is 17.9 Å². The molecule has 2 aliphatic rings. The van der Waals surface area contributed by atoms with E-state index in [0.717, 1.165) is 51.1 Å². The van der Waals surface area contributed by atoms with E-state index in [1.807, 2.05) is 24.5 Å². The molecular weight excluding hydrogens is 286 g/mol. The standard InChI is InChI=1S/C19H25N3O/c1-16(18-6-4-5-17(13-18)14-20)22-10-8-21(9-11-22)15-19-7-2-3-12-23-19/h3-6,12-13,16,19H,2,7-11,15H2,1H3/t16-,19-/m1/s1. The number of allylic oxidation sites excluding steroid dienone is 1. The third kappa shape index (κ3) is 4.13. The first-order valence-electron chi connectivity index (χ1n) is 8.53. The minimum atomic E-state index is 0.358. The predicted octanol–water partition coefficient (Wildman–Crippen LogP) is 2.93. The first-order chi connectivity index (χ1) is 11.3. The molecule has 0 bridgehead atoms. The Morgan fingerprint density at radius 1 is 1.30 bits per heavy atom. The highest BCUT2D eigenvalue weighted by Gasteiger charge is 2.24. The molecule has 0 amide bonds. The van der Waals surface area contributed by atoms with Crippen molar-refractivity contribution in [2.24, 2.45) is 0 Å². The maximum absolute atomic E-state index is 9.06. The van der Waals surface area contributed by atoms with E-state index in [1.165, 1.54) is 5.56 Å². The highest BCUT2D eigenvalue weighted by molar-refractivity contribution is 5.34. The number of rotatable bonds is 4. The molecule has 0 unspecified atom stereocenters. The molecule has 23 heavy (non-hydrogen) atoms. The summed E-state index contributed by atoms with van der Waals surface area (Å²) in [6, 6.07) is 10.6. The van der Waals surface area contributed by atoms with Gasteiger partial charge in [0.2, 0.25) is 0 Å². The Labute approximate surface area is 139 Å². The van der Waals surface area contributed by atoms with Crippen molar-refractivity contribution >= 4 is 0 Å². The van der Waals surface area contributed by atoms with Crippen molar-refractivity contribution in [1.29, 1.82) is 5.26 Å². The van der Waals surface area contributed by atoms with Gasteiger partial charge in [0.15, 0.2) is 0 Å². The zero-order valence-corrected chi connectivity index (χ0v) is 13.8. The second kappa shape index (κ2) is 7.63. The first kappa shape index (κ1) is 16.0. The topological polar surface area (TPSA) is 39.5 Å². The molecule has 2 heterocycles. The van der Waals surface area contributed by atoms with Crippen LogP contribution in [0.3, 0.4) is 0 Å². The molecule has 1 fully saturated rings. The first-order valence-corrected chi connectivity index (χ1v) is 8.53. The third-order valence-electron chi connectivity index (χ3n) is 4.94. The quantitative estimate of drug-likeness (QED) is 0.857. The van der Waals surface area contributed by atoms with Gasteiger partial charge >= 0.3 is 0 Å². The molecular formula is C19H25N3O. The van der Waals surface area contributed by atoms with E-state index in [-0.39, 0.29) is 0 Å². The molecule has 3 rings (SSSR count). The van der Waals surface area contributed by atoms with Crippen LogP contribution < -0.4 is 0 Å². The molecule has 1 aromatic carbocycles. The molecule has 0 aromatic heterocycles. The molecule has 0 N–H and O–H groups in total. The van der Waals surface area contributed by atoms with Crippen LogP contribution in [0, 0.1) is 11.3 Å². The zero-order valence-electron chi connectivity index (χ0n) is 13.8. The minimum absolute atomic E-state index is 0.358. The van der Waals surface area contributed by atoms with Crippen LogP contribution in [-0.2, 0) is 4.74 Å². The maximum atomic E-state index is 9.06. The molecule has 2 atom stereocenters. The van der Waals surface area contributed by atoms with Gasteiger partial charge in [0.25, 0.3) is 0 Å². The number of hydrogen-bond acceptors (Lipinski definition) is 4. The number of hydrogen-bond donors (Lipinski definition) is 0. The summed E-state index contributed by atoms with van der Waals surface area (Å²) >= 11 is 0. The van der Waals surface area contributed by atoms with Gasteiger partial charge in [-0.2, -0.15) is 5.26 Å². The fraction of sp³-hybridized carbons (Fsp3) is 0.526. The molecule has 1 saturated heterocycles. The van der Waals surface area contributed by atoms with Crippen molar-refractivity contribution in [3.8, 4) is 6.07 Å². The fourth-order valence-electron chi connectivity index (χ4n) is 3.42. The summed E-state index contributed by atoms with van der Waals surface area (Å²) in [5.41, 5.74) is 1.98. The fourth-order valence-corrected chi connectivity index (χ4v) is 3.42. The van der Waals surface area contributed by atoms with Crippen molar-refractivity contribution in [2.75, 3.05) is 32.7 Å². The average Bonchev–Trinajstić information content (AvgIpc) is 2.63. The Balaban J connectivity index is 1.51. The number of nitrogens with zero attached hydrogens (tertiary/aromatic N) is 3. The lowest BCUT2D eigenvalue weighted by Crippen LogP contribution is -2.49. The number of piperazine rings is 1. The lowest BCUT2D eigenvalue weighted by Gasteiger charge is -2.39. The van der Waals surface area contributed by atoms with Crippen LogP contribution in [0.15, 0.2) is 36.6 Å². The van der Waals surface area contributed by atoms with Gasteiger partial charge in [0, 0.05) is 38.8 Å². The van der Waals surface area contributed by atoms with Crippen molar-refractivity contribution in [1.82, 2.24) is 9.80 Å². The van der Waals surface area contributed by atoms with Crippen LogP contribution >= 0.6 is 0 Å². The van der Waals surface area contributed by atoms with Crippen LogP contribution in [0.25, 0.3) is 0 Å².